The Morgan fingerprint density at radius 2 is 1.76 bits per heavy atom. The van der Waals surface area contributed by atoms with Gasteiger partial charge in [-0.25, -0.2) is 9.97 Å². The van der Waals surface area contributed by atoms with Gasteiger partial charge >= 0.3 is 0 Å². The number of para-hydroxylation sites is 1. The minimum absolute atomic E-state index is 0.0752. The van der Waals surface area contributed by atoms with Crippen molar-refractivity contribution in [1.29, 1.82) is 0 Å². The van der Waals surface area contributed by atoms with E-state index in [2.05, 4.69) is 32.3 Å². The summed E-state index contributed by atoms with van der Waals surface area (Å²) < 4.78 is 5.24. The molecule has 148 valence electrons. The monoisotopic (exact) mass is 389 g/mol. The van der Waals surface area contributed by atoms with Gasteiger partial charge in [0.25, 0.3) is 5.91 Å². The van der Waals surface area contributed by atoms with Crippen LogP contribution in [0.15, 0.2) is 67.0 Å². The largest absolute Gasteiger partial charge is 0.497 e. The van der Waals surface area contributed by atoms with Crippen molar-refractivity contribution < 1.29 is 9.53 Å². The van der Waals surface area contributed by atoms with Crippen LogP contribution in [0, 0.1) is 0 Å². The summed E-state index contributed by atoms with van der Waals surface area (Å²) in [6.07, 6.45) is 1.41. The number of carbonyl (C=O) groups is 1. The number of hydrogen-bond acceptors (Lipinski definition) is 6. The van der Waals surface area contributed by atoms with Crippen molar-refractivity contribution in [3.8, 4) is 5.75 Å². The van der Waals surface area contributed by atoms with Crippen molar-refractivity contribution in [2.45, 2.75) is 0 Å². The molecule has 29 heavy (non-hydrogen) atoms. The summed E-state index contributed by atoms with van der Waals surface area (Å²) in [4.78, 5) is 25.5. The van der Waals surface area contributed by atoms with Crippen molar-refractivity contribution in [3.05, 3.63) is 72.7 Å². The van der Waals surface area contributed by atoms with Crippen LogP contribution in [0.2, 0.25) is 0 Å². The summed E-state index contributed by atoms with van der Waals surface area (Å²) in [6, 6.07) is 19.5. The minimum Gasteiger partial charge on any atom is -0.497 e. The van der Waals surface area contributed by atoms with Gasteiger partial charge in [-0.3, -0.25) is 4.79 Å². The van der Waals surface area contributed by atoms with Gasteiger partial charge in [-0.2, -0.15) is 0 Å². The van der Waals surface area contributed by atoms with E-state index in [1.54, 1.807) is 13.2 Å². The number of carbonyl (C=O) groups excluding carboxylic acids is 1. The van der Waals surface area contributed by atoms with Gasteiger partial charge in [-0.05, 0) is 24.3 Å². The zero-order valence-electron chi connectivity index (χ0n) is 16.3. The molecule has 0 atom stereocenters. The Labute approximate surface area is 170 Å². The molecular weight excluding hydrogens is 366 g/mol. The molecule has 1 N–H and O–H groups in total. The first-order valence-corrected chi connectivity index (χ1v) is 9.55. The maximum absolute atomic E-state index is 12.9. The van der Waals surface area contributed by atoms with Crippen LogP contribution in [0.5, 0.6) is 5.75 Å². The van der Waals surface area contributed by atoms with Crippen LogP contribution < -0.4 is 15.0 Å². The predicted octanol–water partition coefficient (Wildman–Crippen LogP) is 3.19. The lowest BCUT2D eigenvalue weighted by Gasteiger charge is -2.36. The number of nitrogens with one attached hydrogen (secondary N) is 1. The predicted molar refractivity (Wildman–Crippen MR) is 113 cm³/mol. The minimum atomic E-state index is -0.0752. The van der Waals surface area contributed by atoms with Gasteiger partial charge in [0.2, 0.25) is 0 Å². The molecule has 1 amide bonds. The normalized spacial score (nSPS) is 13.8. The highest BCUT2D eigenvalue weighted by atomic mass is 16.5. The Hall–Kier alpha value is -3.61. The Bertz CT molecular complexity index is 972. The molecule has 2 heterocycles. The molecule has 0 aliphatic carbocycles. The second kappa shape index (κ2) is 8.60. The molecule has 1 aromatic heterocycles. The van der Waals surface area contributed by atoms with Gasteiger partial charge in [-0.1, -0.05) is 24.3 Å². The molecule has 3 aromatic rings. The highest BCUT2D eigenvalue weighted by molar-refractivity contribution is 5.93. The topological polar surface area (TPSA) is 70.6 Å². The van der Waals surface area contributed by atoms with E-state index in [9.17, 15) is 4.79 Å². The van der Waals surface area contributed by atoms with E-state index < -0.39 is 0 Å². The second-order valence-electron chi connectivity index (χ2n) is 6.76. The molecule has 0 unspecified atom stereocenters. The standard InChI is InChI=1S/C22H23N5O2/c1-29-19-9-5-6-17(14-19)25-21-15-20(23-16-24-21)22(28)27-12-10-26(11-13-27)18-7-3-2-4-8-18/h2-9,14-16H,10-13H2,1H3,(H,23,24,25). The van der Waals surface area contributed by atoms with Gasteiger partial charge in [-0.15, -0.1) is 0 Å². The molecule has 1 fully saturated rings. The fourth-order valence-corrected chi connectivity index (χ4v) is 3.36. The highest BCUT2D eigenvalue weighted by Crippen LogP contribution is 2.21. The van der Waals surface area contributed by atoms with E-state index in [-0.39, 0.29) is 5.91 Å². The average Bonchev–Trinajstić information content (AvgIpc) is 2.79. The van der Waals surface area contributed by atoms with E-state index in [0.29, 0.717) is 24.6 Å². The molecule has 0 bridgehead atoms. The first-order valence-electron chi connectivity index (χ1n) is 9.55. The molecule has 7 nitrogen and oxygen atoms in total. The number of aromatic nitrogens is 2. The third kappa shape index (κ3) is 4.45. The van der Waals surface area contributed by atoms with Crippen molar-refractivity contribution in [1.82, 2.24) is 14.9 Å². The number of nitrogens with zero attached hydrogens (tertiary/aromatic N) is 4. The van der Waals surface area contributed by atoms with E-state index in [1.807, 2.05) is 47.4 Å². The number of methoxy groups -OCH3 is 1. The van der Waals surface area contributed by atoms with Crippen molar-refractivity contribution >= 4 is 23.1 Å². The van der Waals surface area contributed by atoms with Crippen molar-refractivity contribution in [3.63, 3.8) is 0 Å². The summed E-state index contributed by atoms with van der Waals surface area (Å²) in [5.74, 6) is 1.24. The van der Waals surface area contributed by atoms with Crippen LogP contribution in [-0.4, -0.2) is 54.1 Å². The summed E-state index contributed by atoms with van der Waals surface area (Å²) >= 11 is 0. The van der Waals surface area contributed by atoms with Crippen molar-refractivity contribution in [2.24, 2.45) is 0 Å². The van der Waals surface area contributed by atoms with Gasteiger partial charge < -0.3 is 19.9 Å². The fraction of sp³-hybridized carbons (Fsp3) is 0.227. The van der Waals surface area contributed by atoms with E-state index >= 15 is 0 Å². The molecule has 7 heteroatoms. The summed E-state index contributed by atoms with van der Waals surface area (Å²) in [5, 5.41) is 3.20. The lowest BCUT2D eigenvalue weighted by molar-refractivity contribution is 0.0740. The molecule has 1 aliphatic rings. The number of piperazine rings is 1. The van der Waals surface area contributed by atoms with Gasteiger partial charge in [0.05, 0.1) is 7.11 Å². The van der Waals surface area contributed by atoms with Crippen LogP contribution in [0.25, 0.3) is 0 Å². The Kier molecular flexibility index (Phi) is 5.56. The molecule has 1 saturated heterocycles. The highest BCUT2D eigenvalue weighted by Gasteiger charge is 2.23. The third-order valence-electron chi connectivity index (χ3n) is 4.92. The summed E-state index contributed by atoms with van der Waals surface area (Å²) in [6.45, 7) is 2.93. The number of rotatable bonds is 5. The number of benzene rings is 2. The maximum Gasteiger partial charge on any atom is 0.272 e. The zero-order valence-corrected chi connectivity index (χ0v) is 16.3. The van der Waals surface area contributed by atoms with Crippen LogP contribution in [-0.2, 0) is 0 Å². The number of amides is 1. The Morgan fingerprint density at radius 1 is 0.966 bits per heavy atom. The number of anilines is 3. The first-order chi connectivity index (χ1) is 14.2. The fourth-order valence-electron chi connectivity index (χ4n) is 3.36. The molecule has 1 aliphatic heterocycles. The van der Waals surface area contributed by atoms with E-state index in [0.717, 1.165) is 24.5 Å². The molecule has 4 rings (SSSR count). The molecule has 0 radical (unpaired) electrons. The lowest BCUT2D eigenvalue weighted by atomic mass is 10.2. The Morgan fingerprint density at radius 3 is 2.52 bits per heavy atom. The maximum atomic E-state index is 12.9. The first kappa shape index (κ1) is 18.7. The van der Waals surface area contributed by atoms with Crippen molar-refractivity contribution in [2.75, 3.05) is 43.5 Å². The van der Waals surface area contributed by atoms with Crippen LogP contribution >= 0.6 is 0 Å². The third-order valence-corrected chi connectivity index (χ3v) is 4.92. The number of hydrogen-bond donors (Lipinski definition) is 1. The van der Waals surface area contributed by atoms with Gasteiger partial charge in [0.1, 0.15) is 23.6 Å². The second-order valence-corrected chi connectivity index (χ2v) is 6.76. The van der Waals surface area contributed by atoms with Crippen LogP contribution in [0.1, 0.15) is 10.5 Å². The van der Waals surface area contributed by atoms with Crippen LogP contribution in [0.3, 0.4) is 0 Å². The quantitative estimate of drug-likeness (QED) is 0.723. The smallest absolute Gasteiger partial charge is 0.272 e. The Balaban J connectivity index is 1.41. The number of ether oxygens (including phenoxy) is 1. The molecule has 2 aromatic carbocycles. The van der Waals surface area contributed by atoms with Gasteiger partial charge in [0, 0.05) is 49.7 Å². The molecule has 0 spiro atoms. The SMILES string of the molecule is COc1cccc(Nc2cc(C(=O)N3CCN(c4ccccc4)CC3)ncn2)c1. The summed E-state index contributed by atoms with van der Waals surface area (Å²) in [5.41, 5.74) is 2.41. The van der Waals surface area contributed by atoms with E-state index in [1.165, 1.54) is 12.0 Å². The van der Waals surface area contributed by atoms with E-state index in [4.69, 9.17) is 4.74 Å². The average molecular weight is 389 g/mol. The van der Waals surface area contributed by atoms with Crippen LogP contribution in [0.4, 0.5) is 17.2 Å². The zero-order chi connectivity index (χ0) is 20.1. The molecule has 0 saturated carbocycles. The molecular formula is C22H23N5O2. The lowest BCUT2D eigenvalue weighted by Crippen LogP contribution is -2.49. The van der Waals surface area contributed by atoms with Gasteiger partial charge in [0.15, 0.2) is 0 Å². The summed E-state index contributed by atoms with van der Waals surface area (Å²) in [7, 11) is 1.62.